The molecule has 0 aliphatic carbocycles. The molecule has 80 valence electrons. The molecule has 3 aromatic rings. The van der Waals surface area contributed by atoms with Crippen molar-refractivity contribution in [3.8, 4) is 0 Å². The molecule has 0 saturated heterocycles. The van der Waals surface area contributed by atoms with Crippen LogP contribution >= 0.6 is 0 Å². The summed E-state index contributed by atoms with van der Waals surface area (Å²) in [5.74, 6) is -1.86. The number of H-pyrrole nitrogens is 1. The highest BCUT2D eigenvalue weighted by Gasteiger charge is 2.17. The lowest BCUT2D eigenvalue weighted by Crippen LogP contribution is -2.25. The maximum absolute atomic E-state index is 13.6. The molecule has 0 radical (unpaired) electrons. The Balaban J connectivity index is 2.63. The summed E-state index contributed by atoms with van der Waals surface area (Å²) >= 11 is 0. The number of nitrogens with one attached hydrogen (secondary N) is 1. The molecule has 0 spiro atoms. The van der Waals surface area contributed by atoms with Gasteiger partial charge in [-0.1, -0.05) is 0 Å². The first-order valence-electron chi connectivity index (χ1n) is 4.66. The van der Waals surface area contributed by atoms with E-state index in [0.29, 0.717) is 15.6 Å². The Morgan fingerprint density at radius 2 is 2.00 bits per heavy atom. The summed E-state index contributed by atoms with van der Waals surface area (Å²) < 4.78 is 27.3. The third kappa shape index (κ3) is 1.02. The number of rotatable bonds is 0. The van der Waals surface area contributed by atoms with Crippen molar-refractivity contribution in [1.29, 1.82) is 0 Å². The Morgan fingerprint density at radius 1 is 1.19 bits per heavy atom. The van der Waals surface area contributed by atoms with Gasteiger partial charge in [-0.2, -0.15) is 0 Å². The first kappa shape index (κ1) is 9.08. The number of benzene rings is 1. The summed E-state index contributed by atoms with van der Waals surface area (Å²) in [6, 6.07) is 5.51. The number of hydrogen-bond acceptors (Lipinski definition) is 1. The van der Waals surface area contributed by atoms with Gasteiger partial charge in [-0.3, -0.25) is 0 Å². The second-order valence-electron chi connectivity index (χ2n) is 3.51. The second-order valence-corrected chi connectivity index (χ2v) is 3.51. The Bertz CT molecular complexity index is 706. The van der Waals surface area contributed by atoms with Crippen LogP contribution in [0.4, 0.5) is 8.78 Å². The van der Waals surface area contributed by atoms with Crippen LogP contribution in [-0.4, -0.2) is 4.98 Å². The van der Waals surface area contributed by atoms with Crippen LogP contribution in [0, 0.1) is 16.8 Å². The van der Waals surface area contributed by atoms with Gasteiger partial charge in [0.15, 0.2) is 11.6 Å². The minimum atomic E-state index is -0.935. The van der Waals surface area contributed by atoms with Gasteiger partial charge in [0.2, 0.25) is 0 Å². The summed E-state index contributed by atoms with van der Waals surface area (Å²) in [5.41, 5.74) is 0.631. The van der Waals surface area contributed by atoms with Crippen LogP contribution in [0.2, 0.25) is 0 Å². The summed E-state index contributed by atoms with van der Waals surface area (Å²) in [5, 5.41) is 11.9. The lowest BCUT2D eigenvalue weighted by Gasteiger charge is -1.99. The topological polar surface area (TPSA) is 42.7 Å². The van der Waals surface area contributed by atoms with Crippen molar-refractivity contribution in [2.75, 3.05) is 0 Å². The molecule has 0 fully saturated rings. The van der Waals surface area contributed by atoms with Gasteiger partial charge in [0.05, 0.1) is 17.0 Å². The molecule has 3 rings (SSSR count). The SMILES string of the molecule is [O-][n+]1cccc2c3c(F)c(F)ccc3[nH]c21. The quantitative estimate of drug-likeness (QED) is 0.458. The Labute approximate surface area is 88.5 Å². The summed E-state index contributed by atoms with van der Waals surface area (Å²) in [7, 11) is 0. The molecule has 0 unspecified atom stereocenters. The molecule has 1 N–H and O–H groups in total. The van der Waals surface area contributed by atoms with Gasteiger partial charge in [0.1, 0.15) is 5.52 Å². The fourth-order valence-electron chi connectivity index (χ4n) is 1.86. The van der Waals surface area contributed by atoms with E-state index in [2.05, 4.69) is 4.98 Å². The van der Waals surface area contributed by atoms with Crippen molar-refractivity contribution >= 4 is 21.9 Å². The van der Waals surface area contributed by atoms with Crippen LogP contribution < -0.4 is 4.73 Å². The van der Waals surface area contributed by atoms with Crippen molar-refractivity contribution in [1.82, 2.24) is 4.98 Å². The Hall–Kier alpha value is -2.17. The maximum atomic E-state index is 13.6. The highest BCUT2D eigenvalue weighted by Crippen LogP contribution is 2.26. The van der Waals surface area contributed by atoms with E-state index >= 15 is 0 Å². The first-order chi connectivity index (χ1) is 7.68. The van der Waals surface area contributed by atoms with Crippen LogP contribution in [-0.2, 0) is 0 Å². The minimum absolute atomic E-state index is 0.111. The van der Waals surface area contributed by atoms with Crippen LogP contribution in [0.1, 0.15) is 0 Å². The zero-order chi connectivity index (χ0) is 11.3. The predicted octanol–water partition coefficient (Wildman–Crippen LogP) is 2.23. The smallest absolute Gasteiger partial charge is 0.290 e. The Morgan fingerprint density at radius 3 is 2.81 bits per heavy atom. The zero-order valence-corrected chi connectivity index (χ0v) is 8.00. The van der Waals surface area contributed by atoms with E-state index in [9.17, 15) is 14.0 Å². The molecular weight excluding hydrogens is 214 g/mol. The zero-order valence-electron chi connectivity index (χ0n) is 8.00. The molecule has 1 aromatic carbocycles. The van der Waals surface area contributed by atoms with E-state index in [4.69, 9.17) is 0 Å². The highest BCUT2D eigenvalue weighted by molar-refractivity contribution is 6.05. The number of halogens is 2. The van der Waals surface area contributed by atoms with Crippen molar-refractivity contribution in [3.05, 3.63) is 47.3 Å². The molecule has 0 amide bonds. The summed E-state index contributed by atoms with van der Waals surface area (Å²) in [6.07, 6.45) is 1.30. The van der Waals surface area contributed by atoms with Gasteiger partial charge in [-0.25, -0.2) is 18.5 Å². The van der Waals surface area contributed by atoms with Gasteiger partial charge in [0.25, 0.3) is 5.65 Å². The molecule has 0 aliphatic heterocycles. The number of pyridine rings is 1. The lowest BCUT2D eigenvalue weighted by atomic mass is 10.2. The monoisotopic (exact) mass is 220 g/mol. The van der Waals surface area contributed by atoms with E-state index < -0.39 is 11.6 Å². The average molecular weight is 220 g/mol. The molecule has 0 atom stereocenters. The number of hydrogen-bond donors (Lipinski definition) is 1. The predicted molar refractivity (Wildman–Crippen MR) is 54.7 cm³/mol. The Kier molecular flexibility index (Phi) is 1.65. The maximum Gasteiger partial charge on any atom is 0.290 e. The molecule has 16 heavy (non-hydrogen) atoms. The number of aromatic amines is 1. The molecule has 0 bridgehead atoms. The summed E-state index contributed by atoms with van der Waals surface area (Å²) in [6.45, 7) is 0. The molecule has 0 saturated carbocycles. The van der Waals surface area contributed by atoms with E-state index in [1.54, 1.807) is 6.07 Å². The fraction of sp³-hybridized carbons (Fsp3) is 0. The normalized spacial score (nSPS) is 11.4. The van der Waals surface area contributed by atoms with Gasteiger partial charge in [-0.05, 0) is 24.3 Å². The van der Waals surface area contributed by atoms with Crippen LogP contribution in [0.5, 0.6) is 0 Å². The van der Waals surface area contributed by atoms with Gasteiger partial charge < -0.3 is 5.21 Å². The summed E-state index contributed by atoms with van der Waals surface area (Å²) in [4.78, 5) is 2.76. The lowest BCUT2D eigenvalue weighted by molar-refractivity contribution is -0.578. The molecule has 2 heterocycles. The van der Waals surface area contributed by atoms with Crippen LogP contribution in [0.15, 0.2) is 30.5 Å². The van der Waals surface area contributed by atoms with Crippen molar-refractivity contribution in [2.24, 2.45) is 0 Å². The third-order valence-corrected chi connectivity index (χ3v) is 2.58. The fourth-order valence-corrected chi connectivity index (χ4v) is 1.86. The molecular formula is C11H6F2N2O. The first-order valence-corrected chi connectivity index (χ1v) is 4.66. The molecule has 5 heteroatoms. The minimum Gasteiger partial charge on any atom is -0.711 e. The van der Waals surface area contributed by atoms with Crippen molar-refractivity contribution in [3.63, 3.8) is 0 Å². The van der Waals surface area contributed by atoms with Gasteiger partial charge in [0, 0.05) is 0 Å². The van der Waals surface area contributed by atoms with E-state index in [1.165, 1.54) is 18.3 Å². The molecule has 3 nitrogen and oxygen atoms in total. The number of aromatic nitrogens is 2. The molecule has 2 aromatic heterocycles. The average Bonchev–Trinajstić information content (AvgIpc) is 2.64. The van der Waals surface area contributed by atoms with E-state index in [-0.39, 0.29) is 11.0 Å². The largest absolute Gasteiger partial charge is 0.711 e. The third-order valence-electron chi connectivity index (χ3n) is 2.58. The van der Waals surface area contributed by atoms with Gasteiger partial charge in [-0.15, -0.1) is 0 Å². The number of fused-ring (bicyclic) bond motifs is 3. The van der Waals surface area contributed by atoms with E-state index in [1.807, 2.05) is 0 Å². The van der Waals surface area contributed by atoms with Gasteiger partial charge >= 0.3 is 0 Å². The van der Waals surface area contributed by atoms with Crippen molar-refractivity contribution in [2.45, 2.75) is 0 Å². The second kappa shape index (κ2) is 2.91. The van der Waals surface area contributed by atoms with Crippen LogP contribution in [0.3, 0.4) is 0 Å². The van der Waals surface area contributed by atoms with E-state index in [0.717, 1.165) is 6.07 Å². The van der Waals surface area contributed by atoms with Crippen LogP contribution in [0.25, 0.3) is 21.9 Å². The standard InChI is InChI=1S/C11H6F2N2O/c12-7-3-4-8-9(10(7)13)6-2-1-5-15(16)11(6)14-8/h1-5,14H. The van der Waals surface area contributed by atoms with Crippen molar-refractivity contribution < 1.29 is 13.5 Å². The molecule has 0 aliphatic rings. The number of nitrogens with zero attached hydrogens (tertiary/aromatic N) is 1. The highest BCUT2D eigenvalue weighted by atomic mass is 19.2.